The topological polar surface area (TPSA) is 298 Å². The van der Waals surface area contributed by atoms with Crippen molar-refractivity contribution in [2.75, 3.05) is 57.2 Å². The quantitative estimate of drug-likeness (QED) is 0.0331. The number of anilines is 2. The van der Waals surface area contributed by atoms with E-state index in [0.29, 0.717) is 72.7 Å². The van der Waals surface area contributed by atoms with Gasteiger partial charge in [0.05, 0.1) is 45.7 Å². The van der Waals surface area contributed by atoms with Crippen molar-refractivity contribution in [1.29, 1.82) is 0 Å². The van der Waals surface area contributed by atoms with Crippen LogP contribution >= 0.6 is 15.1 Å². The molecular weight excluding hydrogens is 812 g/mol. The van der Waals surface area contributed by atoms with Gasteiger partial charge in [-0.05, 0) is 38.3 Å². The molecule has 324 valence electrons. The van der Waals surface area contributed by atoms with Crippen LogP contribution in [0.15, 0.2) is 43.0 Å². The molecule has 5 aromatic rings. The number of hydrogen-bond acceptors (Lipinski definition) is 17. The van der Waals surface area contributed by atoms with Crippen LogP contribution in [0.4, 0.5) is 11.9 Å². The second-order valence-corrected chi connectivity index (χ2v) is 16.5. The van der Waals surface area contributed by atoms with Crippen molar-refractivity contribution >= 4 is 55.3 Å². The van der Waals surface area contributed by atoms with E-state index < -0.39 is 33.5 Å². The van der Waals surface area contributed by atoms with Gasteiger partial charge in [0.15, 0.2) is 22.3 Å². The lowest BCUT2D eigenvalue weighted by atomic mass is 10.3. The minimum absolute atomic E-state index is 0.0662. The Labute approximate surface area is 341 Å². The van der Waals surface area contributed by atoms with Gasteiger partial charge in [0, 0.05) is 13.1 Å². The molecule has 0 aliphatic carbocycles. The van der Waals surface area contributed by atoms with Gasteiger partial charge in [-0.1, -0.05) is 45.4 Å². The predicted molar refractivity (Wildman–Crippen MR) is 218 cm³/mol. The molecule has 1 unspecified atom stereocenters. The molecule has 22 nitrogen and oxygen atoms in total. The number of nitrogens with two attached hydrogens (primary N) is 2. The molecular formula is C35H53N11O11P2. The zero-order chi connectivity index (χ0) is 42.8. The Bertz CT molecular complexity index is 2170. The van der Waals surface area contributed by atoms with Gasteiger partial charge in [-0.15, -0.1) is 0 Å². The zero-order valence-corrected chi connectivity index (χ0v) is 35.3. The number of carbonyl (C=O) groups excluding carboxylic acids is 1. The lowest BCUT2D eigenvalue weighted by molar-refractivity contribution is -0.145. The van der Waals surface area contributed by atoms with E-state index in [0.717, 1.165) is 25.7 Å². The number of nitrogens with one attached hydrogen (secondary N) is 1. The molecule has 59 heavy (non-hydrogen) atoms. The predicted octanol–water partition coefficient (Wildman–Crippen LogP) is 4.11. The molecule has 0 saturated heterocycles. The number of para-hydroxylation sites is 1. The maximum atomic E-state index is 13.7. The minimum atomic E-state index is -4.16. The third-order valence-electron chi connectivity index (χ3n) is 7.74. The first-order valence-corrected chi connectivity index (χ1v) is 22.6. The van der Waals surface area contributed by atoms with Gasteiger partial charge in [-0.25, -0.2) is 15.1 Å². The molecule has 0 spiro atoms. The standard InChI is InChI=1S/C24H35N6O6P.C11H18N5O5P/c1-4-6-14-35-23(31)18(3)29-37(32,36-19-10-8-7-9-11-19)17-33-15-12-30-16-26-20-21(30)27-24(25)28-22(20)34-13-5-2;1-2-4-21-10-8-9(14-11(12)15-10)16(6-13-8)3-5-20-7-22(17,18)19/h7-11,16,18H,4-6,12-15,17H2,1-3H3,(H,29,32)(H2,25,27,28);6H,2-5,7H2,1H3,(H2,12,14,15)(H2,17,18,19)/t18-,37?;/m0./s1. The third-order valence-corrected chi connectivity index (χ3v) is 10.1. The van der Waals surface area contributed by atoms with E-state index in [9.17, 15) is 13.9 Å². The van der Waals surface area contributed by atoms with Crippen LogP contribution in [0.5, 0.6) is 17.5 Å². The van der Waals surface area contributed by atoms with Crippen LogP contribution in [0, 0.1) is 0 Å². The van der Waals surface area contributed by atoms with Gasteiger partial charge < -0.3 is 58.6 Å². The Balaban J connectivity index is 0.000000297. The lowest BCUT2D eigenvalue weighted by Gasteiger charge is -2.23. The molecule has 0 saturated carbocycles. The summed E-state index contributed by atoms with van der Waals surface area (Å²) in [7, 11) is -7.80. The molecule has 4 aromatic heterocycles. The summed E-state index contributed by atoms with van der Waals surface area (Å²) in [5.41, 5.74) is 13.5. The van der Waals surface area contributed by atoms with Gasteiger partial charge in [-0.3, -0.25) is 13.9 Å². The van der Waals surface area contributed by atoms with Crippen LogP contribution < -0.4 is 30.6 Å². The molecule has 0 aliphatic rings. The number of hydrogen-bond donors (Lipinski definition) is 5. The Hall–Kier alpha value is -4.95. The van der Waals surface area contributed by atoms with Crippen LogP contribution in [0.3, 0.4) is 0 Å². The molecule has 4 heterocycles. The summed E-state index contributed by atoms with van der Waals surface area (Å²) in [6, 6.07) is 7.85. The molecule has 2 atom stereocenters. The highest BCUT2D eigenvalue weighted by atomic mass is 31.2. The van der Waals surface area contributed by atoms with Crippen molar-refractivity contribution in [2.24, 2.45) is 0 Å². The van der Waals surface area contributed by atoms with E-state index in [-0.39, 0.29) is 31.5 Å². The fourth-order valence-electron chi connectivity index (χ4n) is 5.02. The number of nitrogens with zero attached hydrogens (tertiary/aromatic N) is 8. The summed E-state index contributed by atoms with van der Waals surface area (Å²) in [4.78, 5) is 54.8. The Morgan fingerprint density at radius 1 is 0.763 bits per heavy atom. The van der Waals surface area contributed by atoms with E-state index >= 15 is 0 Å². The Morgan fingerprint density at radius 2 is 1.29 bits per heavy atom. The van der Waals surface area contributed by atoms with Crippen LogP contribution in [0.2, 0.25) is 0 Å². The SMILES string of the molecule is CCCCOC(=O)[C@H](C)NP(=O)(COCCn1cnc2c(OCCC)nc(N)nc21)Oc1ccccc1.CCCOc1nc(N)nc2c1ncn2CCOCP(=O)(O)O. The van der Waals surface area contributed by atoms with Crippen molar-refractivity contribution in [3.63, 3.8) is 0 Å². The summed E-state index contributed by atoms with van der Waals surface area (Å²) >= 11 is 0. The maximum absolute atomic E-state index is 13.7. The number of unbranched alkanes of at least 4 members (excludes halogenated alkanes) is 1. The van der Waals surface area contributed by atoms with Gasteiger partial charge in [-0.2, -0.15) is 19.9 Å². The van der Waals surface area contributed by atoms with Crippen molar-refractivity contribution in [3.8, 4) is 17.5 Å². The number of carbonyl (C=O) groups is 1. The molecule has 0 radical (unpaired) electrons. The molecule has 0 aliphatic heterocycles. The monoisotopic (exact) mass is 865 g/mol. The van der Waals surface area contributed by atoms with Crippen LogP contribution in [0.1, 0.15) is 53.4 Å². The summed E-state index contributed by atoms with van der Waals surface area (Å²) < 4.78 is 60.5. The third kappa shape index (κ3) is 15.0. The normalized spacial score (nSPS) is 13.1. The Morgan fingerprint density at radius 3 is 1.78 bits per heavy atom. The van der Waals surface area contributed by atoms with E-state index in [2.05, 4.69) is 35.0 Å². The number of imidazole rings is 2. The van der Waals surface area contributed by atoms with Crippen molar-refractivity contribution < 1.29 is 51.9 Å². The first-order valence-electron chi connectivity index (χ1n) is 19.0. The molecule has 5 rings (SSSR count). The number of rotatable bonds is 24. The van der Waals surface area contributed by atoms with Gasteiger partial charge in [0.1, 0.15) is 24.5 Å². The summed E-state index contributed by atoms with van der Waals surface area (Å²) in [5, 5.41) is 2.79. The van der Waals surface area contributed by atoms with E-state index in [1.807, 2.05) is 26.8 Å². The fraction of sp³-hybridized carbons (Fsp3) is 0.514. The average molecular weight is 866 g/mol. The van der Waals surface area contributed by atoms with Gasteiger partial charge in [0.2, 0.25) is 23.7 Å². The molecule has 1 aromatic carbocycles. The van der Waals surface area contributed by atoms with E-state index in [4.69, 9.17) is 49.5 Å². The average Bonchev–Trinajstić information content (AvgIpc) is 3.80. The number of ether oxygens (including phenoxy) is 5. The second-order valence-electron chi connectivity index (χ2n) is 12.9. The molecule has 7 N–H and O–H groups in total. The highest BCUT2D eigenvalue weighted by Crippen LogP contribution is 2.43. The fourth-order valence-corrected chi connectivity index (χ4v) is 7.09. The van der Waals surface area contributed by atoms with Gasteiger partial charge in [0.25, 0.3) is 0 Å². The minimum Gasteiger partial charge on any atom is -0.476 e. The molecule has 0 fully saturated rings. The number of nitrogen functional groups attached to an aromatic ring is 2. The smallest absolute Gasteiger partial charge is 0.350 e. The summed E-state index contributed by atoms with van der Waals surface area (Å²) in [6.07, 6.45) is 5.51. The molecule has 24 heteroatoms. The van der Waals surface area contributed by atoms with Crippen molar-refractivity contribution in [1.82, 2.24) is 44.1 Å². The largest absolute Gasteiger partial charge is 0.476 e. The zero-order valence-electron chi connectivity index (χ0n) is 33.5. The summed E-state index contributed by atoms with van der Waals surface area (Å²) in [5.74, 6) is 0.671. The van der Waals surface area contributed by atoms with Crippen molar-refractivity contribution in [3.05, 3.63) is 43.0 Å². The number of fused-ring (bicyclic) bond motifs is 2. The van der Waals surface area contributed by atoms with Crippen LogP contribution in [0.25, 0.3) is 22.3 Å². The van der Waals surface area contributed by atoms with Crippen LogP contribution in [-0.4, -0.2) is 107 Å². The van der Waals surface area contributed by atoms with E-state index in [1.165, 1.54) is 6.33 Å². The van der Waals surface area contributed by atoms with Crippen LogP contribution in [-0.2, 0) is 41.2 Å². The first-order chi connectivity index (χ1) is 28.3. The number of esters is 1. The van der Waals surface area contributed by atoms with E-state index in [1.54, 1.807) is 46.7 Å². The summed E-state index contributed by atoms with van der Waals surface area (Å²) in [6.45, 7) is 9.75. The second kappa shape index (κ2) is 23.0. The lowest BCUT2D eigenvalue weighted by Crippen LogP contribution is -2.35. The number of benzene rings is 1. The first kappa shape index (κ1) is 46.7. The number of aromatic nitrogens is 8. The molecule has 0 amide bonds. The highest BCUT2D eigenvalue weighted by Gasteiger charge is 2.31. The molecule has 0 bridgehead atoms. The van der Waals surface area contributed by atoms with Crippen molar-refractivity contribution in [2.45, 2.75) is 72.5 Å². The maximum Gasteiger partial charge on any atom is 0.350 e. The Kier molecular flexibility index (Phi) is 18.2. The van der Waals surface area contributed by atoms with Gasteiger partial charge >= 0.3 is 21.1 Å². The highest BCUT2D eigenvalue weighted by molar-refractivity contribution is 7.57.